The highest BCUT2D eigenvalue weighted by atomic mass is 16.6. The number of nitrogens with zero attached hydrogens (tertiary/aromatic N) is 1. The predicted molar refractivity (Wildman–Crippen MR) is 71.6 cm³/mol. The Morgan fingerprint density at radius 3 is 1.61 bits per heavy atom. The van der Waals surface area contributed by atoms with Crippen LogP contribution in [0.2, 0.25) is 0 Å². The largest absolute Gasteiger partial charge is 0.259 e. The molecule has 18 heavy (non-hydrogen) atoms. The van der Waals surface area contributed by atoms with Crippen molar-refractivity contribution in [3.8, 4) is 0 Å². The minimum atomic E-state index is -0.338. The molecule has 0 unspecified atom stereocenters. The molecule has 0 aliphatic carbocycles. The summed E-state index contributed by atoms with van der Waals surface area (Å²) >= 11 is 0. The van der Waals surface area contributed by atoms with Crippen molar-refractivity contribution in [3.05, 3.63) is 87.6 Å². The van der Waals surface area contributed by atoms with Crippen LogP contribution in [-0.2, 0) is 0 Å². The van der Waals surface area contributed by atoms with Gasteiger partial charge in [0.05, 0.1) is 10.5 Å². The van der Waals surface area contributed by atoms with Crippen LogP contribution in [0.3, 0.4) is 0 Å². The van der Waals surface area contributed by atoms with Gasteiger partial charge < -0.3 is 0 Å². The third kappa shape index (κ3) is 2.46. The molecule has 2 aromatic rings. The molecular formula is C15H13NO2. The second-order valence-electron chi connectivity index (χ2n) is 3.95. The molecule has 90 valence electrons. The van der Waals surface area contributed by atoms with Crippen molar-refractivity contribution in [2.45, 2.75) is 6.92 Å². The fraction of sp³-hybridized carbons (Fsp3) is 0.0667. The molecule has 0 amide bonds. The monoisotopic (exact) mass is 239 g/mol. The van der Waals surface area contributed by atoms with E-state index in [1.165, 1.54) is 6.92 Å². The van der Waals surface area contributed by atoms with E-state index in [0.717, 1.165) is 11.1 Å². The molecule has 0 aliphatic rings. The highest BCUT2D eigenvalue weighted by Gasteiger charge is 2.16. The maximum atomic E-state index is 11.0. The van der Waals surface area contributed by atoms with E-state index in [-0.39, 0.29) is 10.6 Å². The first kappa shape index (κ1) is 12.0. The molecule has 3 heteroatoms. The topological polar surface area (TPSA) is 43.1 Å². The normalized spacial score (nSPS) is 9.83. The predicted octanol–water partition coefficient (Wildman–Crippen LogP) is 3.74. The maximum absolute atomic E-state index is 11.0. The minimum Gasteiger partial charge on any atom is -0.259 e. The Bertz CT molecular complexity index is 532. The van der Waals surface area contributed by atoms with E-state index in [0.29, 0.717) is 5.57 Å². The molecule has 2 aromatic carbocycles. The van der Waals surface area contributed by atoms with Gasteiger partial charge in [0, 0.05) is 6.92 Å². The van der Waals surface area contributed by atoms with Gasteiger partial charge >= 0.3 is 0 Å². The molecule has 0 aliphatic heterocycles. The maximum Gasteiger partial charge on any atom is 0.251 e. The van der Waals surface area contributed by atoms with Crippen LogP contribution in [-0.4, -0.2) is 4.92 Å². The van der Waals surface area contributed by atoms with Crippen LogP contribution < -0.4 is 0 Å². The summed E-state index contributed by atoms with van der Waals surface area (Å²) in [6, 6.07) is 18.9. The minimum absolute atomic E-state index is 0.160. The molecule has 0 bridgehead atoms. The molecular weight excluding hydrogens is 226 g/mol. The number of benzene rings is 2. The van der Waals surface area contributed by atoms with Gasteiger partial charge in [-0.25, -0.2) is 0 Å². The second kappa shape index (κ2) is 5.27. The molecule has 0 saturated heterocycles. The average Bonchev–Trinajstić information content (AvgIpc) is 2.41. The molecule has 0 saturated carbocycles. The van der Waals surface area contributed by atoms with Crippen molar-refractivity contribution in [2.24, 2.45) is 0 Å². The summed E-state index contributed by atoms with van der Waals surface area (Å²) in [5.74, 6) is 0. The van der Waals surface area contributed by atoms with Crippen LogP contribution in [0.15, 0.2) is 66.4 Å². The molecule has 0 heterocycles. The summed E-state index contributed by atoms with van der Waals surface area (Å²) in [7, 11) is 0. The highest BCUT2D eigenvalue weighted by molar-refractivity contribution is 5.80. The van der Waals surface area contributed by atoms with Gasteiger partial charge in [0.1, 0.15) is 0 Å². The fourth-order valence-corrected chi connectivity index (χ4v) is 1.89. The Hall–Kier alpha value is -2.42. The summed E-state index contributed by atoms with van der Waals surface area (Å²) < 4.78 is 0. The van der Waals surface area contributed by atoms with E-state index in [1.54, 1.807) is 0 Å². The first-order valence-corrected chi connectivity index (χ1v) is 5.66. The quantitative estimate of drug-likeness (QED) is 0.604. The lowest BCUT2D eigenvalue weighted by molar-refractivity contribution is -0.423. The molecule has 0 radical (unpaired) electrons. The lowest BCUT2D eigenvalue weighted by Gasteiger charge is -2.07. The first-order chi connectivity index (χ1) is 8.70. The van der Waals surface area contributed by atoms with Gasteiger partial charge in [-0.2, -0.15) is 0 Å². The first-order valence-electron chi connectivity index (χ1n) is 5.66. The van der Waals surface area contributed by atoms with Crippen LogP contribution >= 0.6 is 0 Å². The summed E-state index contributed by atoms with van der Waals surface area (Å²) in [5.41, 5.74) is 2.55. The van der Waals surface area contributed by atoms with Gasteiger partial charge in [0.15, 0.2) is 0 Å². The van der Waals surface area contributed by atoms with Crippen LogP contribution in [0.1, 0.15) is 18.1 Å². The third-order valence-electron chi connectivity index (χ3n) is 2.76. The van der Waals surface area contributed by atoms with Crippen LogP contribution in [0.4, 0.5) is 0 Å². The third-order valence-corrected chi connectivity index (χ3v) is 2.76. The van der Waals surface area contributed by atoms with Crippen LogP contribution in [0.25, 0.3) is 5.57 Å². The molecule has 0 spiro atoms. The summed E-state index contributed by atoms with van der Waals surface area (Å²) in [4.78, 5) is 10.7. The van der Waals surface area contributed by atoms with Crippen LogP contribution in [0.5, 0.6) is 0 Å². The van der Waals surface area contributed by atoms with E-state index >= 15 is 0 Å². The standard InChI is InChI=1S/C15H13NO2/c1-12(16(17)18)15(13-8-4-2-5-9-13)14-10-6-3-7-11-14/h2-11H,1H3. The Balaban J connectivity index is 2.64. The summed E-state index contributed by atoms with van der Waals surface area (Å²) in [6.45, 7) is 1.54. The van der Waals surface area contributed by atoms with E-state index in [1.807, 2.05) is 60.7 Å². The van der Waals surface area contributed by atoms with Crippen molar-refractivity contribution in [1.29, 1.82) is 0 Å². The number of nitro groups is 1. The SMILES string of the molecule is CC(=C(c1ccccc1)c1ccccc1)[N+](=O)[O-]. The molecule has 3 nitrogen and oxygen atoms in total. The smallest absolute Gasteiger partial charge is 0.251 e. The zero-order valence-electron chi connectivity index (χ0n) is 10.0. The van der Waals surface area contributed by atoms with Gasteiger partial charge in [0.25, 0.3) is 5.70 Å². The zero-order chi connectivity index (χ0) is 13.0. The van der Waals surface area contributed by atoms with E-state index < -0.39 is 0 Å². The second-order valence-corrected chi connectivity index (χ2v) is 3.95. The van der Waals surface area contributed by atoms with Crippen molar-refractivity contribution in [2.75, 3.05) is 0 Å². The van der Waals surface area contributed by atoms with Crippen molar-refractivity contribution < 1.29 is 4.92 Å². The van der Waals surface area contributed by atoms with Gasteiger partial charge in [-0.05, 0) is 11.1 Å². The number of allylic oxidation sites excluding steroid dienone is 1. The van der Waals surface area contributed by atoms with Gasteiger partial charge in [-0.3, -0.25) is 10.1 Å². The Morgan fingerprint density at radius 2 is 1.28 bits per heavy atom. The van der Waals surface area contributed by atoms with Gasteiger partial charge in [-0.15, -0.1) is 0 Å². The zero-order valence-corrected chi connectivity index (χ0v) is 10.0. The van der Waals surface area contributed by atoms with E-state index in [4.69, 9.17) is 0 Å². The molecule has 0 aromatic heterocycles. The van der Waals surface area contributed by atoms with Gasteiger partial charge in [0.2, 0.25) is 0 Å². The summed E-state index contributed by atoms with van der Waals surface area (Å²) in [5, 5.41) is 11.0. The highest BCUT2D eigenvalue weighted by Crippen LogP contribution is 2.26. The van der Waals surface area contributed by atoms with Crippen LogP contribution in [0, 0.1) is 10.1 Å². The van der Waals surface area contributed by atoms with Crippen molar-refractivity contribution >= 4 is 5.57 Å². The van der Waals surface area contributed by atoms with Crippen molar-refractivity contribution in [3.63, 3.8) is 0 Å². The van der Waals surface area contributed by atoms with E-state index in [9.17, 15) is 10.1 Å². The summed E-state index contributed by atoms with van der Waals surface area (Å²) in [6.07, 6.45) is 0. The lowest BCUT2D eigenvalue weighted by atomic mass is 9.96. The lowest BCUT2D eigenvalue weighted by Crippen LogP contribution is -2.00. The fourth-order valence-electron chi connectivity index (χ4n) is 1.89. The Kier molecular flexibility index (Phi) is 3.53. The molecule has 0 N–H and O–H groups in total. The molecule has 0 fully saturated rings. The molecule has 0 atom stereocenters. The Morgan fingerprint density at radius 1 is 0.889 bits per heavy atom. The number of rotatable bonds is 3. The number of hydrogen-bond acceptors (Lipinski definition) is 2. The van der Waals surface area contributed by atoms with Crippen molar-refractivity contribution in [1.82, 2.24) is 0 Å². The number of hydrogen-bond donors (Lipinski definition) is 0. The van der Waals surface area contributed by atoms with E-state index in [2.05, 4.69) is 0 Å². The Labute approximate surface area is 106 Å². The average molecular weight is 239 g/mol. The van der Waals surface area contributed by atoms with Gasteiger partial charge in [-0.1, -0.05) is 60.7 Å². The molecule has 2 rings (SSSR count).